The summed E-state index contributed by atoms with van der Waals surface area (Å²) in [6, 6.07) is 12.0. The molecule has 7 nitrogen and oxygen atoms in total. The van der Waals surface area contributed by atoms with E-state index < -0.39 is 0 Å². The number of guanidine groups is 1. The molecule has 0 aliphatic carbocycles. The summed E-state index contributed by atoms with van der Waals surface area (Å²) in [4.78, 5) is 11.0. The van der Waals surface area contributed by atoms with Crippen LogP contribution in [0.5, 0.6) is 5.75 Å². The summed E-state index contributed by atoms with van der Waals surface area (Å²) in [6.45, 7) is 3.51. The first-order valence-electron chi connectivity index (χ1n) is 9.73. The van der Waals surface area contributed by atoms with Crippen LogP contribution in [0.25, 0.3) is 0 Å². The fourth-order valence-electron chi connectivity index (χ4n) is 3.24. The molecule has 2 heterocycles. The van der Waals surface area contributed by atoms with Crippen molar-refractivity contribution in [1.82, 2.24) is 15.6 Å². The molecule has 1 atom stereocenters. The number of rotatable bonds is 8. The predicted octanol–water partition coefficient (Wildman–Crippen LogP) is 3.32. The van der Waals surface area contributed by atoms with Crippen molar-refractivity contribution in [3.63, 3.8) is 0 Å². The molecule has 30 heavy (non-hydrogen) atoms. The smallest absolute Gasteiger partial charge is 0.191 e. The van der Waals surface area contributed by atoms with E-state index in [1.54, 1.807) is 20.4 Å². The van der Waals surface area contributed by atoms with E-state index in [1.807, 2.05) is 30.3 Å². The highest BCUT2D eigenvalue weighted by atomic mass is 127. The van der Waals surface area contributed by atoms with Crippen molar-refractivity contribution in [3.8, 4) is 5.75 Å². The number of pyridine rings is 1. The van der Waals surface area contributed by atoms with Crippen molar-refractivity contribution in [2.75, 3.05) is 45.4 Å². The molecule has 1 aromatic heterocycles. The standard InChI is InChI=1S/C21H28ClN5O2.HI/c1-23-21(25-14-16-5-3-6-18(13-16)29-12-11-28-2)26-17-8-10-27(15-17)20-19(22)7-4-9-24-20;/h3-7,9,13,17H,8,10-12,14-15H2,1-2H3,(H2,23,25,26);1H. The molecule has 0 radical (unpaired) electrons. The lowest BCUT2D eigenvalue weighted by Crippen LogP contribution is -2.44. The van der Waals surface area contributed by atoms with Crippen LogP contribution in [0, 0.1) is 0 Å². The van der Waals surface area contributed by atoms with Crippen LogP contribution in [-0.2, 0) is 11.3 Å². The molecule has 1 unspecified atom stereocenters. The van der Waals surface area contributed by atoms with Crippen LogP contribution < -0.4 is 20.3 Å². The Balaban J connectivity index is 0.00000320. The normalized spacial score (nSPS) is 16.2. The van der Waals surface area contributed by atoms with E-state index in [2.05, 4.69) is 31.6 Å². The quantitative estimate of drug-likeness (QED) is 0.230. The van der Waals surface area contributed by atoms with E-state index in [0.29, 0.717) is 24.8 Å². The van der Waals surface area contributed by atoms with Gasteiger partial charge in [-0.05, 0) is 36.2 Å². The molecular weight excluding hydrogens is 517 g/mol. The van der Waals surface area contributed by atoms with Gasteiger partial charge in [0.15, 0.2) is 5.96 Å². The van der Waals surface area contributed by atoms with Gasteiger partial charge < -0.3 is 25.0 Å². The molecule has 164 valence electrons. The largest absolute Gasteiger partial charge is 0.491 e. The SMILES string of the molecule is CN=C(NCc1cccc(OCCOC)c1)NC1CCN(c2ncccc2Cl)C1.I. The Morgan fingerprint density at radius 3 is 2.93 bits per heavy atom. The fraction of sp³-hybridized carbons (Fsp3) is 0.429. The number of aromatic nitrogens is 1. The number of ether oxygens (including phenoxy) is 2. The Morgan fingerprint density at radius 2 is 2.17 bits per heavy atom. The zero-order chi connectivity index (χ0) is 20.5. The first-order valence-corrected chi connectivity index (χ1v) is 10.1. The van der Waals surface area contributed by atoms with E-state index in [0.717, 1.165) is 42.6 Å². The van der Waals surface area contributed by atoms with E-state index in [9.17, 15) is 0 Å². The third kappa shape index (κ3) is 7.17. The van der Waals surface area contributed by atoms with Gasteiger partial charge in [-0.15, -0.1) is 24.0 Å². The van der Waals surface area contributed by atoms with Crippen molar-refractivity contribution >= 4 is 47.4 Å². The minimum Gasteiger partial charge on any atom is -0.491 e. The first-order chi connectivity index (χ1) is 14.2. The third-order valence-corrected chi connectivity index (χ3v) is 5.00. The van der Waals surface area contributed by atoms with Gasteiger partial charge in [-0.2, -0.15) is 0 Å². The average Bonchev–Trinajstić information content (AvgIpc) is 3.20. The van der Waals surface area contributed by atoms with Crippen molar-refractivity contribution in [2.24, 2.45) is 4.99 Å². The average molecular weight is 546 g/mol. The number of benzene rings is 1. The Morgan fingerprint density at radius 1 is 1.30 bits per heavy atom. The van der Waals surface area contributed by atoms with Crippen molar-refractivity contribution in [3.05, 3.63) is 53.2 Å². The number of nitrogens with zero attached hydrogens (tertiary/aromatic N) is 3. The van der Waals surface area contributed by atoms with Gasteiger partial charge in [-0.1, -0.05) is 23.7 Å². The topological polar surface area (TPSA) is 71.0 Å². The van der Waals surface area contributed by atoms with Gasteiger partial charge in [0.2, 0.25) is 0 Å². The summed E-state index contributed by atoms with van der Waals surface area (Å²) in [5, 5.41) is 7.55. The van der Waals surface area contributed by atoms with E-state index in [-0.39, 0.29) is 30.0 Å². The van der Waals surface area contributed by atoms with E-state index in [4.69, 9.17) is 21.1 Å². The van der Waals surface area contributed by atoms with Crippen LogP contribution in [0.15, 0.2) is 47.6 Å². The lowest BCUT2D eigenvalue weighted by atomic mass is 10.2. The molecule has 0 amide bonds. The summed E-state index contributed by atoms with van der Waals surface area (Å²) < 4.78 is 10.7. The summed E-state index contributed by atoms with van der Waals surface area (Å²) in [6.07, 6.45) is 2.77. The second-order valence-electron chi connectivity index (χ2n) is 6.80. The minimum absolute atomic E-state index is 0. The Hall–Kier alpha value is -1.78. The fourth-order valence-corrected chi connectivity index (χ4v) is 3.48. The van der Waals surface area contributed by atoms with Crippen LogP contribution in [0.2, 0.25) is 5.02 Å². The first kappa shape index (κ1) is 24.5. The number of aliphatic imine (C=N–C) groups is 1. The molecule has 1 aliphatic heterocycles. The highest BCUT2D eigenvalue weighted by Crippen LogP contribution is 2.25. The maximum absolute atomic E-state index is 6.28. The van der Waals surface area contributed by atoms with Crippen molar-refractivity contribution in [2.45, 2.75) is 19.0 Å². The van der Waals surface area contributed by atoms with Crippen LogP contribution in [0.4, 0.5) is 5.82 Å². The third-order valence-electron chi connectivity index (χ3n) is 4.71. The predicted molar refractivity (Wildman–Crippen MR) is 132 cm³/mol. The Bertz CT molecular complexity index is 823. The minimum atomic E-state index is 0. The van der Waals surface area contributed by atoms with E-state index in [1.165, 1.54) is 0 Å². The van der Waals surface area contributed by atoms with Gasteiger partial charge in [0.05, 0.1) is 11.6 Å². The molecule has 2 N–H and O–H groups in total. The number of hydrogen-bond donors (Lipinski definition) is 2. The lowest BCUT2D eigenvalue weighted by Gasteiger charge is -2.20. The van der Waals surface area contributed by atoms with Gasteiger partial charge in [0.25, 0.3) is 0 Å². The number of hydrogen-bond acceptors (Lipinski definition) is 5. The maximum Gasteiger partial charge on any atom is 0.191 e. The molecule has 1 fully saturated rings. The molecule has 3 rings (SSSR count). The molecule has 0 saturated carbocycles. The lowest BCUT2D eigenvalue weighted by molar-refractivity contribution is 0.146. The number of methoxy groups -OCH3 is 1. The van der Waals surface area contributed by atoms with Gasteiger partial charge in [0, 0.05) is 46.0 Å². The zero-order valence-electron chi connectivity index (χ0n) is 17.3. The van der Waals surface area contributed by atoms with Crippen molar-refractivity contribution in [1.29, 1.82) is 0 Å². The molecule has 0 spiro atoms. The van der Waals surface area contributed by atoms with Crippen LogP contribution >= 0.6 is 35.6 Å². The summed E-state index contributed by atoms with van der Waals surface area (Å²) in [5.74, 6) is 2.45. The van der Waals surface area contributed by atoms with Gasteiger partial charge in [-0.25, -0.2) is 4.98 Å². The Kier molecular flexibility index (Phi) is 10.5. The highest BCUT2D eigenvalue weighted by molar-refractivity contribution is 14.0. The van der Waals surface area contributed by atoms with Crippen LogP contribution in [0.3, 0.4) is 0 Å². The van der Waals surface area contributed by atoms with Crippen LogP contribution in [-0.4, -0.2) is 57.4 Å². The van der Waals surface area contributed by atoms with Crippen LogP contribution in [0.1, 0.15) is 12.0 Å². The molecule has 0 bridgehead atoms. The number of nitrogens with one attached hydrogen (secondary N) is 2. The molecule has 1 saturated heterocycles. The summed E-state index contributed by atoms with van der Waals surface area (Å²) >= 11 is 6.28. The Labute approximate surface area is 200 Å². The van der Waals surface area contributed by atoms with Crippen molar-refractivity contribution < 1.29 is 9.47 Å². The number of anilines is 1. The summed E-state index contributed by atoms with van der Waals surface area (Å²) in [5.41, 5.74) is 1.12. The van der Waals surface area contributed by atoms with E-state index >= 15 is 0 Å². The van der Waals surface area contributed by atoms with Gasteiger partial charge in [-0.3, -0.25) is 4.99 Å². The van der Waals surface area contributed by atoms with Gasteiger partial charge in [0.1, 0.15) is 18.2 Å². The second-order valence-corrected chi connectivity index (χ2v) is 7.21. The second kappa shape index (κ2) is 12.8. The molecule has 2 aromatic rings. The molecular formula is C21H29ClIN5O2. The molecule has 1 aromatic carbocycles. The zero-order valence-corrected chi connectivity index (χ0v) is 20.4. The number of halogens is 2. The maximum atomic E-state index is 6.28. The summed E-state index contributed by atoms with van der Waals surface area (Å²) in [7, 11) is 3.44. The monoisotopic (exact) mass is 545 g/mol. The highest BCUT2D eigenvalue weighted by Gasteiger charge is 2.25. The van der Waals surface area contributed by atoms with Gasteiger partial charge >= 0.3 is 0 Å². The molecule has 9 heteroatoms. The molecule has 1 aliphatic rings.